The van der Waals surface area contributed by atoms with Gasteiger partial charge in [0.1, 0.15) is 0 Å². The molecular weight excluding hydrogens is 543 g/mol. The summed E-state index contributed by atoms with van der Waals surface area (Å²) >= 11 is 1.88. The van der Waals surface area contributed by atoms with E-state index < -0.39 is 0 Å². The molecule has 0 spiro atoms. The monoisotopic (exact) mass is 569 g/mol. The summed E-state index contributed by atoms with van der Waals surface area (Å²) in [6, 6.07) is 36.2. The number of allylic oxidation sites excluding steroid dienone is 3. The lowest BCUT2D eigenvalue weighted by Crippen LogP contribution is -2.19. The number of para-hydroxylation sites is 1. The van der Waals surface area contributed by atoms with Gasteiger partial charge in [-0.3, -0.25) is 15.5 Å². The summed E-state index contributed by atoms with van der Waals surface area (Å²) in [7, 11) is 0. The van der Waals surface area contributed by atoms with Gasteiger partial charge in [-0.2, -0.15) is 0 Å². The van der Waals surface area contributed by atoms with E-state index in [0.29, 0.717) is 5.71 Å². The zero-order valence-electron chi connectivity index (χ0n) is 23.4. The van der Waals surface area contributed by atoms with Gasteiger partial charge >= 0.3 is 0 Å². The molecule has 2 N–H and O–H groups in total. The Balaban J connectivity index is 1.40. The zero-order chi connectivity index (χ0) is 28.5. The SMILES string of the molecule is N=C1/C(=C(\Nn2c3ccccc3c3c4c(c5c6ccccc6sc5c32)C=CCC4)c2ccccc2)C=Cc2ccccc21. The molecule has 3 nitrogen and oxygen atoms in total. The summed E-state index contributed by atoms with van der Waals surface area (Å²) in [6.45, 7) is 0. The summed E-state index contributed by atoms with van der Waals surface area (Å²) in [5.41, 5.74) is 14.5. The molecule has 0 saturated heterocycles. The number of fused-ring (bicyclic) bond motifs is 11. The maximum Gasteiger partial charge on any atom is 0.0891 e. The van der Waals surface area contributed by atoms with Crippen molar-refractivity contribution in [2.75, 3.05) is 5.43 Å². The van der Waals surface area contributed by atoms with E-state index in [1.54, 1.807) is 0 Å². The Morgan fingerprint density at radius 1 is 0.744 bits per heavy atom. The van der Waals surface area contributed by atoms with E-state index in [2.05, 4.69) is 113 Å². The molecule has 0 bridgehead atoms. The van der Waals surface area contributed by atoms with E-state index in [9.17, 15) is 5.41 Å². The largest absolute Gasteiger partial charge is 0.300 e. The summed E-state index contributed by atoms with van der Waals surface area (Å²) in [5, 5.41) is 14.6. The highest BCUT2D eigenvalue weighted by Gasteiger charge is 2.26. The Hall–Kier alpha value is -5.19. The van der Waals surface area contributed by atoms with Crippen molar-refractivity contribution in [3.8, 4) is 0 Å². The average molecular weight is 570 g/mol. The van der Waals surface area contributed by atoms with Gasteiger partial charge in [-0.1, -0.05) is 115 Å². The maximum atomic E-state index is 9.33. The number of benzene rings is 5. The van der Waals surface area contributed by atoms with Crippen LogP contribution in [0.25, 0.3) is 59.8 Å². The van der Waals surface area contributed by atoms with Crippen LogP contribution < -0.4 is 5.43 Å². The van der Waals surface area contributed by atoms with Gasteiger partial charge in [-0.25, -0.2) is 0 Å². The standard InChI is InChI=1S/C39H27N3S/c40-36-26-15-5-4-12-24(26)22-23-31(36)37(25-13-2-1-3-14-25)41-42-32-20-10-8-18-29(32)34-27-16-6-7-17-28(27)35-30-19-9-11-21-33(30)43-39(35)38(34)42/h1-5,7-15,17-23,40-41H,6,16H2/b37-31-,40-36?. The van der Waals surface area contributed by atoms with Crippen LogP contribution in [0.5, 0.6) is 0 Å². The second kappa shape index (κ2) is 9.41. The molecule has 0 radical (unpaired) electrons. The van der Waals surface area contributed by atoms with E-state index in [1.165, 1.54) is 47.6 Å². The second-order valence-electron chi connectivity index (χ2n) is 11.3. The fourth-order valence-electron chi connectivity index (χ4n) is 6.99. The van der Waals surface area contributed by atoms with Gasteiger partial charge < -0.3 is 0 Å². The Labute approximate surface area is 253 Å². The topological polar surface area (TPSA) is 40.8 Å². The van der Waals surface area contributed by atoms with E-state index in [1.807, 2.05) is 35.6 Å². The quantitative estimate of drug-likeness (QED) is 0.218. The first kappa shape index (κ1) is 24.4. The third-order valence-electron chi connectivity index (χ3n) is 8.91. The number of hydrogen-bond acceptors (Lipinski definition) is 3. The molecule has 204 valence electrons. The van der Waals surface area contributed by atoms with Gasteiger partial charge in [-0.15, -0.1) is 11.3 Å². The number of nitrogens with zero attached hydrogens (tertiary/aromatic N) is 1. The van der Waals surface area contributed by atoms with Crippen LogP contribution in [0.2, 0.25) is 0 Å². The zero-order valence-corrected chi connectivity index (χ0v) is 24.2. The van der Waals surface area contributed by atoms with E-state index in [4.69, 9.17) is 0 Å². The van der Waals surface area contributed by atoms with Gasteiger partial charge in [0.25, 0.3) is 0 Å². The van der Waals surface area contributed by atoms with Crippen molar-refractivity contribution in [1.29, 1.82) is 5.41 Å². The maximum absolute atomic E-state index is 9.33. The van der Waals surface area contributed by atoms with Crippen molar-refractivity contribution < 1.29 is 0 Å². The molecule has 9 rings (SSSR count). The lowest BCUT2D eigenvalue weighted by molar-refractivity contribution is 1.000. The van der Waals surface area contributed by atoms with E-state index in [-0.39, 0.29) is 0 Å². The van der Waals surface area contributed by atoms with Crippen LogP contribution >= 0.6 is 11.3 Å². The number of thiophene rings is 1. The van der Waals surface area contributed by atoms with Crippen LogP contribution in [0.15, 0.2) is 121 Å². The minimum atomic E-state index is 0.528. The summed E-state index contributed by atoms with van der Waals surface area (Å²) in [6.07, 6.45) is 11.0. The number of aryl methyl sites for hydroxylation is 1. The van der Waals surface area contributed by atoms with E-state index >= 15 is 0 Å². The molecule has 7 aromatic rings. The lowest BCUT2D eigenvalue weighted by Gasteiger charge is -2.22. The summed E-state index contributed by atoms with van der Waals surface area (Å²) in [5.74, 6) is 0. The lowest BCUT2D eigenvalue weighted by atomic mass is 9.89. The summed E-state index contributed by atoms with van der Waals surface area (Å²) in [4.78, 5) is 0. The van der Waals surface area contributed by atoms with Crippen LogP contribution in [0.3, 0.4) is 0 Å². The average Bonchev–Trinajstić information content (AvgIpc) is 3.61. The van der Waals surface area contributed by atoms with Crippen LogP contribution in [0.4, 0.5) is 0 Å². The Bertz CT molecular complexity index is 2380. The molecule has 0 unspecified atom stereocenters. The Kier molecular flexibility index (Phi) is 5.34. The number of aromatic nitrogens is 1. The highest BCUT2D eigenvalue weighted by Crippen LogP contribution is 2.47. The Morgan fingerprint density at radius 2 is 1.51 bits per heavy atom. The van der Waals surface area contributed by atoms with Crippen molar-refractivity contribution in [1.82, 2.24) is 4.68 Å². The van der Waals surface area contributed by atoms with Crippen molar-refractivity contribution in [3.05, 3.63) is 149 Å². The number of nitrogens with one attached hydrogen (secondary N) is 2. The first-order chi connectivity index (χ1) is 21.3. The van der Waals surface area contributed by atoms with Crippen molar-refractivity contribution >= 4 is 76.9 Å². The predicted molar refractivity (Wildman–Crippen MR) is 185 cm³/mol. The highest BCUT2D eigenvalue weighted by molar-refractivity contribution is 7.26. The van der Waals surface area contributed by atoms with Gasteiger partial charge in [0.2, 0.25) is 0 Å². The molecule has 0 amide bonds. The first-order valence-electron chi connectivity index (χ1n) is 14.8. The Morgan fingerprint density at radius 3 is 2.42 bits per heavy atom. The normalized spacial score (nSPS) is 15.4. The molecule has 2 aliphatic rings. The molecule has 43 heavy (non-hydrogen) atoms. The smallest absolute Gasteiger partial charge is 0.0891 e. The molecule has 5 aromatic carbocycles. The predicted octanol–water partition coefficient (Wildman–Crippen LogP) is 10.2. The van der Waals surface area contributed by atoms with Crippen LogP contribution in [0, 0.1) is 5.41 Å². The third-order valence-corrected chi connectivity index (χ3v) is 10.1. The molecule has 4 heteroatoms. The van der Waals surface area contributed by atoms with Crippen LogP contribution in [-0.2, 0) is 6.42 Å². The van der Waals surface area contributed by atoms with Crippen molar-refractivity contribution in [2.24, 2.45) is 0 Å². The molecule has 0 fully saturated rings. The highest BCUT2D eigenvalue weighted by atomic mass is 32.1. The molecule has 2 heterocycles. The van der Waals surface area contributed by atoms with Crippen LogP contribution in [0.1, 0.15) is 34.2 Å². The molecule has 2 aliphatic carbocycles. The summed E-state index contributed by atoms with van der Waals surface area (Å²) < 4.78 is 4.90. The minimum absolute atomic E-state index is 0.528. The molecule has 0 saturated carbocycles. The van der Waals surface area contributed by atoms with Gasteiger partial charge in [-0.05, 0) is 41.7 Å². The molecule has 0 atom stereocenters. The minimum Gasteiger partial charge on any atom is -0.300 e. The molecule has 2 aromatic heterocycles. The van der Waals surface area contributed by atoms with E-state index in [0.717, 1.165) is 46.3 Å². The van der Waals surface area contributed by atoms with Crippen molar-refractivity contribution in [2.45, 2.75) is 12.8 Å². The van der Waals surface area contributed by atoms with Gasteiger partial charge in [0, 0.05) is 42.9 Å². The van der Waals surface area contributed by atoms with Gasteiger partial charge in [0.15, 0.2) is 0 Å². The molecule has 0 aliphatic heterocycles. The fourth-order valence-corrected chi connectivity index (χ4v) is 8.25. The van der Waals surface area contributed by atoms with Crippen LogP contribution in [-0.4, -0.2) is 10.4 Å². The fraction of sp³-hybridized carbons (Fsp3) is 0.0513. The number of hydrogen-bond donors (Lipinski definition) is 2. The first-order valence-corrected chi connectivity index (χ1v) is 15.6. The second-order valence-corrected chi connectivity index (χ2v) is 12.3. The van der Waals surface area contributed by atoms with Gasteiger partial charge in [0.05, 0.1) is 27.1 Å². The third kappa shape index (κ3) is 3.57. The molecular formula is C39H27N3S. The number of rotatable bonds is 3. The van der Waals surface area contributed by atoms with Crippen molar-refractivity contribution in [3.63, 3.8) is 0 Å².